The minimum Gasteiger partial charge on any atom is -0.492 e. The fourth-order valence-electron chi connectivity index (χ4n) is 2.34. The summed E-state index contributed by atoms with van der Waals surface area (Å²) in [5.74, 6) is 0.517. The quantitative estimate of drug-likeness (QED) is 0.904. The number of benzene rings is 1. The van der Waals surface area contributed by atoms with Gasteiger partial charge in [-0.1, -0.05) is 17.7 Å². The Morgan fingerprint density at radius 2 is 2.29 bits per heavy atom. The third-order valence-corrected chi connectivity index (χ3v) is 3.85. The second-order valence-corrected chi connectivity index (χ2v) is 5.38. The van der Waals surface area contributed by atoms with Crippen LogP contribution in [0.4, 0.5) is 0 Å². The largest absolute Gasteiger partial charge is 0.492 e. The van der Waals surface area contributed by atoms with E-state index >= 15 is 0 Å². The molecule has 1 saturated heterocycles. The first-order valence-electron chi connectivity index (χ1n) is 6.97. The Labute approximate surface area is 129 Å². The number of nitrogens with zero attached hydrogens (tertiary/aromatic N) is 1. The van der Waals surface area contributed by atoms with Crippen molar-refractivity contribution in [1.29, 1.82) is 0 Å². The van der Waals surface area contributed by atoms with Crippen molar-refractivity contribution < 1.29 is 14.3 Å². The van der Waals surface area contributed by atoms with Crippen LogP contribution in [0.3, 0.4) is 0 Å². The molecule has 0 saturated carbocycles. The van der Waals surface area contributed by atoms with Crippen LogP contribution in [0.5, 0.6) is 5.75 Å². The number of carbonyl (C=O) groups excluding carboxylic acids is 2. The van der Waals surface area contributed by atoms with Crippen molar-refractivity contribution in [2.45, 2.75) is 32.4 Å². The average Bonchev–Trinajstić information content (AvgIpc) is 2.79. The van der Waals surface area contributed by atoms with Crippen LogP contribution in [-0.4, -0.2) is 36.4 Å². The summed E-state index contributed by atoms with van der Waals surface area (Å²) in [6.45, 7) is 2.82. The minimum atomic E-state index is -0.365. The first kappa shape index (κ1) is 15.6. The van der Waals surface area contributed by atoms with Gasteiger partial charge in [0, 0.05) is 20.0 Å². The van der Waals surface area contributed by atoms with Crippen molar-refractivity contribution in [3.63, 3.8) is 0 Å². The maximum absolute atomic E-state index is 12.1. The van der Waals surface area contributed by atoms with Crippen molar-refractivity contribution in [3.05, 3.63) is 28.8 Å². The van der Waals surface area contributed by atoms with Crippen LogP contribution in [0.2, 0.25) is 5.02 Å². The standard InChI is InChI=1S/C15H19ClN2O3/c1-3-21-13-6-4-10(8-11(13)16)9-17-15(20)12-5-7-14(19)18(12)2/h4,6,8,12H,3,5,7,9H2,1-2H3,(H,17,20)/t12-/m1/s1. The minimum absolute atomic E-state index is 0.0132. The number of hydrogen-bond donors (Lipinski definition) is 1. The van der Waals surface area contributed by atoms with E-state index in [1.54, 1.807) is 19.2 Å². The van der Waals surface area contributed by atoms with Gasteiger partial charge in [0.25, 0.3) is 0 Å². The van der Waals surface area contributed by atoms with Gasteiger partial charge >= 0.3 is 0 Å². The van der Waals surface area contributed by atoms with Gasteiger partial charge in [-0.2, -0.15) is 0 Å². The summed E-state index contributed by atoms with van der Waals surface area (Å²) in [6, 6.07) is 5.06. The molecule has 1 N–H and O–H groups in total. The Bertz CT molecular complexity index is 548. The van der Waals surface area contributed by atoms with Crippen molar-refractivity contribution in [2.75, 3.05) is 13.7 Å². The predicted octanol–water partition coefficient (Wildman–Crippen LogP) is 1.98. The molecule has 0 aromatic heterocycles. The smallest absolute Gasteiger partial charge is 0.243 e. The highest BCUT2D eigenvalue weighted by molar-refractivity contribution is 6.32. The number of carbonyl (C=O) groups is 2. The van der Waals surface area contributed by atoms with E-state index in [9.17, 15) is 9.59 Å². The molecule has 1 aromatic rings. The molecule has 1 heterocycles. The molecule has 1 aliphatic rings. The number of likely N-dealkylation sites (tertiary alicyclic amines) is 1. The Morgan fingerprint density at radius 1 is 1.52 bits per heavy atom. The number of ether oxygens (including phenoxy) is 1. The fraction of sp³-hybridized carbons (Fsp3) is 0.467. The maximum atomic E-state index is 12.1. The third kappa shape index (κ3) is 3.67. The lowest BCUT2D eigenvalue weighted by Crippen LogP contribution is -2.42. The van der Waals surface area contributed by atoms with E-state index in [4.69, 9.17) is 16.3 Å². The van der Waals surface area contributed by atoms with Gasteiger partial charge in [-0.25, -0.2) is 0 Å². The molecule has 0 aliphatic carbocycles. The lowest BCUT2D eigenvalue weighted by atomic mass is 10.2. The van der Waals surface area contributed by atoms with E-state index in [0.29, 0.717) is 36.8 Å². The van der Waals surface area contributed by atoms with E-state index in [0.717, 1.165) is 5.56 Å². The Balaban J connectivity index is 1.92. The van der Waals surface area contributed by atoms with E-state index in [-0.39, 0.29) is 17.9 Å². The lowest BCUT2D eigenvalue weighted by Gasteiger charge is -2.19. The number of likely N-dealkylation sites (N-methyl/N-ethyl adjacent to an activating group) is 1. The number of amides is 2. The molecule has 5 nitrogen and oxygen atoms in total. The highest BCUT2D eigenvalue weighted by Crippen LogP contribution is 2.25. The van der Waals surface area contributed by atoms with Crippen LogP contribution < -0.4 is 10.1 Å². The van der Waals surface area contributed by atoms with Gasteiger partial charge in [-0.05, 0) is 31.0 Å². The Morgan fingerprint density at radius 3 is 2.86 bits per heavy atom. The first-order chi connectivity index (χ1) is 10.0. The van der Waals surface area contributed by atoms with Crippen molar-refractivity contribution >= 4 is 23.4 Å². The van der Waals surface area contributed by atoms with Crippen LogP contribution in [0.25, 0.3) is 0 Å². The molecular formula is C15H19ClN2O3. The number of nitrogens with one attached hydrogen (secondary N) is 1. The fourth-order valence-corrected chi connectivity index (χ4v) is 2.60. The lowest BCUT2D eigenvalue weighted by molar-refractivity contribution is -0.133. The summed E-state index contributed by atoms with van der Waals surface area (Å²) in [4.78, 5) is 25.0. The molecule has 1 atom stereocenters. The predicted molar refractivity (Wildman–Crippen MR) is 80.3 cm³/mol. The van der Waals surface area contributed by atoms with Crippen molar-refractivity contribution in [3.8, 4) is 5.75 Å². The van der Waals surface area contributed by atoms with E-state index in [1.165, 1.54) is 4.90 Å². The highest BCUT2D eigenvalue weighted by atomic mass is 35.5. The molecule has 0 radical (unpaired) electrons. The topological polar surface area (TPSA) is 58.6 Å². The summed E-state index contributed by atoms with van der Waals surface area (Å²) in [5, 5.41) is 3.36. The van der Waals surface area contributed by atoms with Gasteiger partial charge in [0.05, 0.1) is 11.6 Å². The Hall–Kier alpha value is -1.75. The molecule has 1 aliphatic heterocycles. The highest BCUT2D eigenvalue weighted by Gasteiger charge is 2.32. The van der Waals surface area contributed by atoms with E-state index < -0.39 is 0 Å². The van der Waals surface area contributed by atoms with Crippen LogP contribution >= 0.6 is 11.6 Å². The van der Waals surface area contributed by atoms with Crippen LogP contribution in [-0.2, 0) is 16.1 Å². The zero-order valence-corrected chi connectivity index (χ0v) is 12.9. The zero-order valence-electron chi connectivity index (χ0n) is 12.2. The van der Waals surface area contributed by atoms with Crippen LogP contribution in [0.15, 0.2) is 18.2 Å². The second-order valence-electron chi connectivity index (χ2n) is 4.97. The van der Waals surface area contributed by atoms with Gasteiger partial charge in [-0.3, -0.25) is 9.59 Å². The van der Waals surface area contributed by atoms with Crippen molar-refractivity contribution in [2.24, 2.45) is 0 Å². The normalized spacial score (nSPS) is 18.0. The van der Waals surface area contributed by atoms with E-state index in [1.807, 2.05) is 13.0 Å². The maximum Gasteiger partial charge on any atom is 0.243 e. The van der Waals surface area contributed by atoms with Gasteiger partial charge < -0.3 is 15.0 Å². The molecule has 0 unspecified atom stereocenters. The Kier molecular flexibility index (Phi) is 5.07. The van der Waals surface area contributed by atoms with Crippen molar-refractivity contribution in [1.82, 2.24) is 10.2 Å². The number of rotatable bonds is 5. The summed E-state index contributed by atoms with van der Waals surface area (Å²) < 4.78 is 5.36. The molecule has 0 bridgehead atoms. The summed E-state index contributed by atoms with van der Waals surface area (Å²) in [7, 11) is 1.66. The number of hydrogen-bond acceptors (Lipinski definition) is 3. The average molecular weight is 311 g/mol. The summed E-state index contributed by atoms with van der Waals surface area (Å²) in [6.07, 6.45) is 1.01. The zero-order chi connectivity index (χ0) is 15.4. The third-order valence-electron chi connectivity index (χ3n) is 3.56. The summed E-state index contributed by atoms with van der Waals surface area (Å²) in [5.41, 5.74) is 0.892. The van der Waals surface area contributed by atoms with Crippen LogP contribution in [0.1, 0.15) is 25.3 Å². The monoisotopic (exact) mass is 310 g/mol. The van der Waals surface area contributed by atoms with E-state index in [2.05, 4.69) is 5.32 Å². The molecular weight excluding hydrogens is 292 g/mol. The summed E-state index contributed by atoms with van der Waals surface area (Å²) >= 11 is 6.10. The molecule has 1 fully saturated rings. The molecule has 21 heavy (non-hydrogen) atoms. The van der Waals surface area contributed by atoms with Gasteiger partial charge in [0.1, 0.15) is 11.8 Å². The molecule has 1 aromatic carbocycles. The number of halogens is 1. The molecule has 2 amide bonds. The molecule has 114 valence electrons. The van der Waals surface area contributed by atoms with Gasteiger partial charge in [0.15, 0.2) is 0 Å². The SMILES string of the molecule is CCOc1ccc(CNC(=O)[C@H]2CCC(=O)N2C)cc1Cl. The first-order valence-corrected chi connectivity index (χ1v) is 7.35. The van der Waals surface area contributed by atoms with Gasteiger partial charge in [-0.15, -0.1) is 0 Å². The molecule has 6 heteroatoms. The van der Waals surface area contributed by atoms with Crippen LogP contribution in [0, 0.1) is 0 Å². The second kappa shape index (κ2) is 6.80. The molecule has 0 spiro atoms. The van der Waals surface area contributed by atoms with Gasteiger partial charge in [0.2, 0.25) is 11.8 Å². The molecule has 2 rings (SSSR count).